The van der Waals surface area contributed by atoms with Gasteiger partial charge in [-0.1, -0.05) is 32.4 Å². The van der Waals surface area contributed by atoms with E-state index in [1.54, 1.807) is 13.8 Å². The van der Waals surface area contributed by atoms with Crippen molar-refractivity contribution < 1.29 is 54.4 Å². The van der Waals surface area contributed by atoms with Crippen LogP contribution in [-0.2, 0) is 23.8 Å². The molecule has 2 aliphatic heterocycles. The third-order valence-corrected chi connectivity index (χ3v) is 14.3. The molecule has 0 spiro atoms. The zero-order chi connectivity index (χ0) is 34.9. The van der Waals surface area contributed by atoms with Gasteiger partial charge in [-0.3, -0.25) is 9.59 Å². The van der Waals surface area contributed by atoms with Crippen molar-refractivity contribution in [1.82, 2.24) is 0 Å². The number of carbonyl (C=O) groups excluding carboxylic acids is 2. The molecule has 2 saturated heterocycles. The van der Waals surface area contributed by atoms with Gasteiger partial charge in [-0.15, -0.1) is 0 Å². The van der Waals surface area contributed by atoms with Crippen LogP contribution in [0.25, 0.3) is 0 Å². The smallest absolute Gasteiger partial charge is 0.187 e. The van der Waals surface area contributed by atoms with Crippen LogP contribution in [0.1, 0.15) is 93.9 Å². The van der Waals surface area contributed by atoms with Crippen molar-refractivity contribution in [2.45, 2.75) is 154 Å². The van der Waals surface area contributed by atoms with E-state index in [2.05, 4.69) is 19.9 Å². The quantitative estimate of drug-likeness (QED) is 0.236. The molecule has 6 N–H and O–H groups in total. The molecule has 0 bridgehead atoms. The monoisotopic (exact) mass is 664 g/mol. The number of hydrogen-bond acceptors (Lipinski definition) is 11. The maximum Gasteiger partial charge on any atom is 0.187 e. The largest absolute Gasteiger partial charge is 0.394 e. The summed E-state index contributed by atoms with van der Waals surface area (Å²) in [6, 6.07) is 0. The Morgan fingerprint density at radius 2 is 1.64 bits per heavy atom. The standard InChI is InChI=1S/C36H56O11/c1-31(2)17-9-10-22-33(5)14-19(38)28(35(7)12-11-24(47-35)32(3,4)44)34(33,6)15-23(39)36(22,8)18(17)13-20(29(31)43)45-30-27(42)26(41)25(40)21(16-37)46-30/h9,18-22,24-28,30,37-38,40-42,44H,10-16H2,1-8H3/t18-,19-,20+,21-,22+,24?,25-,26+,27-,28+,30-,33+,34-,35-,36+/m1/s1. The van der Waals surface area contributed by atoms with Crippen LogP contribution in [0.5, 0.6) is 0 Å². The Hall–Kier alpha value is -1.28. The van der Waals surface area contributed by atoms with Gasteiger partial charge in [0, 0.05) is 23.2 Å². The first-order valence-electron chi connectivity index (χ1n) is 17.4. The molecular formula is C36H56O11. The van der Waals surface area contributed by atoms with Gasteiger partial charge in [-0.05, 0) is 89.4 Å². The zero-order valence-corrected chi connectivity index (χ0v) is 29.1. The van der Waals surface area contributed by atoms with Crippen molar-refractivity contribution in [2.24, 2.45) is 39.4 Å². The van der Waals surface area contributed by atoms with Gasteiger partial charge in [0.1, 0.15) is 36.3 Å². The number of carbonyl (C=O) groups is 2. The van der Waals surface area contributed by atoms with Crippen LogP contribution in [0.4, 0.5) is 0 Å². The summed E-state index contributed by atoms with van der Waals surface area (Å²) < 4.78 is 18.3. The summed E-state index contributed by atoms with van der Waals surface area (Å²) in [4.78, 5) is 28.8. The molecule has 0 amide bonds. The normalized spacial score (nSPS) is 52.9. The van der Waals surface area contributed by atoms with Crippen LogP contribution < -0.4 is 0 Å². The average molecular weight is 665 g/mol. The van der Waals surface area contributed by atoms with E-state index in [9.17, 15) is 40.2 Å². The second kappa shape index (κ2) is 11.1. The molecule has 47 heavy (non-hydrogen) atoms. The second-order valence-electron chi connectivity index (χ2n) is 17.6. The van der Waals surface area contributed by atoms with Gasteiger partial charge in [-0.25, -0.2) is 0 Å². The molecule has 6 rings (SSSR count). The van der Waals surface area contributed by atoms with Crippen molar-refractivity contribution >= 4 is 11.6 Å². The third kappa shape index (κ3) is 4.85. The molecule has 0 aromatic rings. The highest BCUT2D eigenvalue weighted by molar-refractivity contribution is 5.94. The number of allylic oxidation sites excluding steroid dienone is 2. The average Bonchev–Trinajstić information content (AvgIpc) is 3.47. The lowest BCUT2D eigenvalue weighted by Gasteiger charge is -2.64. The fourth-order valence-electron chi connectivity index (χ4n) is 11.5. The van der Waals surface area contributed by atoms with E-state index in [4.69, 9.17) is 14.2 Å². The molecule has 15 atom stereocenters. The van der Waals surface area contributed by atoms with Crippen molar-refractivity contribution in [1.29, 1.82) is 0 Å². The Bertz CT molecular complexity index is 1320. The summed E-state index contributed by atoms with van der Waals surface area (Å²) in [6.45, 7) is 14.9. The Balaban J connectivity index is 1.34. The number of ether oxygens (including phenoxy) is 3. The molecule has 0 aromatic carbocycles. The molecule has 0 aromatic heterocycles. The van der Waals surface area contributed by atoms with Gasteiger partial charge in [0.15, 0.2) is 12.1 Å². The lowest BCUT2D eigenvalue weighted by Crippen LogP contribution is -2.65. The molecule has 11 nitrogen and oxygen atoms in total. The summed E-state index contributed by atoms with van der Waals surface area (Å²) in [5.74, 6) is -0.997. The number of aliphatic hydroxyl groups is 6. The van der Waals surface area contributed by atoms with Gasteiger partial charge in [-0.2, -0.15) is 0 Å². The Morgan fingerprint density at radius 1 is 0.979 bits per heavy atom. The van der Waals surface area contributed by atoms with Crippen LogP contribution in [0.2, 0.25) is 0 Å². The molecule has 5 fully saturated rings. The summed E-state index contributed by atoms with van der Waals surface area (Å²) >= 11 is 0. The van der Waals surface area contributed by atoms with E-state index in [0.29, 0.717) is 25.7 Å². The molecule has 1 unspecified atom stereocenters. The first-order valence-corrected chi connectivity index (χ1v) is 17.4. The summed E-state index contributed by atoms with van der Waals surface area (Å²) in [7, 11) is 0. The van der Waals surface area contributed by atoms with Gasteiger partial charge in [0.2, 0.25) is 0 Å². The van der Waals surface area contributed by atoms with Crippen LogP contribution in [0, 0.1) is 39.4 Å². The van der Waals surface area contributed by atoms with E-state index in [1.807, 2.05) is 27.7 Å². The van der Waals surface area contributed by atoms with E-state index < -0.39 is 82.4 Å². The predicted molar refractivity (Wildman–Crippen MR) is 169 cm³/mol. The number of hydrogen-bond donors (Lipinski definition) is 6. The minimum absolute atomic E-state index is 0.0783. The van der Waals surface area contributed by atoms with Crippen molar-refractivity contribution in [3.63, 3.8) is 0 Å². The molecule has 2 heterocycles. The molecular weight excluding hydrogens is 608 g/mol. The van der Waals surface area contributed by atoms with Gasteiger partial charge >= 0.3 is 0 Å². The SMILES string of the molecule is CC1(C)C(=O)[C@@H](O[C@@H]2O[C@H](CO)[C@@H](O)[C@H](O)[C@H]2O)C[C@@H]2C1=CC[C@@H]1[C@@]2(C)C(=O)C[C@]2(C)[C@@H]([C@@]3(C)CCC(C(C)(C)O)O3)[C@H](O)C[C@@]12C. The van der Waals surface area contributed by atoms with Crippen molar-refractivity contribution in [3.8, 4) is 0 Å². The summed E-state index contributed by atoms with van der Waals surface area (Å²) in [5, 5.41) is 63.6. The van der Waals surface area contributed by atoms with Gasteiger partial charge in [0.05, 0.1) is 30.0 Å². The predicted octanol–water partition coefficient (Wildman–Crippen LogP) is 1.81. The van der Waals surface area contributed by atoms with E-state index >= 15 is 0 Å². The van der Waals surface area contributed by atoms with E-state index in [1.165, 1.54) is 0 Å². The fraction of sp³-hybridized carbons (Fsp3) is 0.889. The first-order chi connectivity index (χ1) is 21.6. The second-order valence-corrected chi connectivity index (χ2v) is 17.6. The number of fused-ring (bicyclic) bond motifs is 5. The van der Waals surface area contributed by atoms with Crippen LogP contribution >= 0.6 is 0 Å². The topological polar surface area (TPSA) is 183 Å². The van der Waals surface area contributed by atoms with Crippen LogP contribution in [0.15, 0.2) is 11.6 Å². The summed E-state index contributed by atoms with van der Waals surface area (Å²) in [5.41, 5.74) is -3.78. The molecule has 6 aliphatic rings. The summed E-state index contributed by atoms with van der Waals surface area (Å²) in [6.07, 6.45) is -4.72. The highest BCUT2D eigenvalue weighted by atomic mass is 16.7. The van der Waals surface area contributed by atoms with E-state index in [-0.39, 0.29) is 48.3 Å². The van der Waals surface area contributed by atoms with Crippen molar-refractivity contribution in [3.05, 3.63) is 11.6 Å². The third-order valence-electron chi connectivity index (χ3n) is 14.3. The first kappa shape index (κ1) is 35.5. The molecule has 11 heteroatoms. The minimum Gasteiger partial charge on any atom is -0.394 e. The number of Topliss-reactive ketones (excluding diaryl/α,β-unsaturated/α-hetero) is 2. The Labute approximate surface area is 277 Å². The Kier molecular flexibility index (Phi) is 8.40. The molecule has 3 saturated carbocycles. The molecule has 0 radical (unpaired) electrons. The fourth-order valence-corrected chi connectivity index (χ4v) is 11.5. The van der Waals surface area contributed by atoms with Gasteiger partial charge < -0.3 is 44.8 Å². The Morgan fingerprint density at radius 3 is 2.23 bits per heavy atom. The maximum absolute atomic E-state index is 14.8. The molecule has 266 valence electrons. The lowest BCUT2D eigenvalue weighted by atomic mass is 9.38. The molecule has 4 aliphatic carbocycles. The van der Waals surface area contributed by atoms with Crippen molar-refractivity contribution in [2.75, 3.05) is 6.61 Å². The minimum atomic E-state index is -1.65. The highest BCUT2D eigenvalue weighted by Crippen LogP contribution is 2.75. The number of aliphatic hydroxyl groups excluding tert-OH is 5. The number of ketones is 2. The lowest BCUT2D eigenvalue weighted by molar-refractivity contribution is -0.311. The number of rotatable bonds is 5. The zero-order valence-electron chi connectivity index (χ0n) is 29.1. The van der Waals surface area contributed by atoms with E-state index in [0.717, 1.165) is 5.57 Å². The van der Waals surface area contributed by atoms with Crippen LogP contribution in [0.3, 0.4) is 0 Å². The van der Waals surface area contributed by atoms with Crippen LogP contribution in [-0.4, -0.2) is 109 Å². The highest BCUT2D eigenvalue weighted by Gasteiger charge is 2.75. The van der Waals surface area contributed by atoms with Gasteiger partial charge in [0.25, 0.3) is 0 Å². The maximum atomic E-state index is 14.8.